The first-order chi connectivity index (χ1) is 25.2. The van der Waals surface area contributed by atoms with Gasteiger partial charge in [-0.05, 0) is 59.7 Å². The van der Waals surface area contributed by atoms with E-state index in [9.17, 15) is 0 Å². The molecular weight excluding hydrogens is 647 g/mol. The second-order valence-electron chi connectivity index (χ2n) is 12.8. The molecule has 0 saturated heterocycles. The zero-order valence-corrected chi connectivity index (χ0v) is 27.8. The van der Waals surface area contributed by atoms with Crippen molar-refractivity contribution in [2.75, 3.05) is 0 Å². The predicted octanol–water partition coefficient (Wildman–Crippen LogP) is 12.7. The van der Waals surface area contributed by atoms with Crippen LogP contribution in [0.1, 0.15) is 0 Å². The standard InChI is InChI=1S/C45H25N3O2S/c1-2-10-26(11-3-1)43-46-44(28-21-23-38-35(25-28)30-12-4-6-18-37(30)49-38)48-45(47-43)34-17-9-15-32-36-24-27(20-22-39(36)50-41(32)34)29-14-8-16-33-31-13-5-7-19-40(31)51-42(29)33/h1-25H. The van der Waals surface area contributed by atoms with Crippen molar-refractivity contribution in [2.45, 2.75) is 0 Å². The molecule has 0 unspecified atom stereocenters. The highest BCUT2D eigenvalue weighted by molar-refractivity contribution is 7.26. The Bertz CT molecular complexity index is 3160. The minimum Gasteiger partial charge on any atom is -0.456 e. The number of nitrogens with zero attached hydrogens (tertiary/aromatic N) is 3. The number of benzene rings is 7. The largest absolute Gasteiger partial charge is 0.456 e. The fourth-order valence-electron chi connectivity index (χ4n) is 7.32. The van der Waals surface area contributed by atoms with Crippen molar-refractivity contribution in [3.63, 3.8) is 0 Å². The fraction of sp³-hybridized carbons (Fsp3) is 0. The highest BCUT2D eigenvalue weighted by Gasteiger charge is 2.19. The summed E-state index contributed by atoms with van der Waals surface area (Å²) in [6.07, 6.45) is 0. The van der Waals surface area contributed by atoms with Crippen molar-refractivity contribution >= 4 is 75.4 Å². The first-order valence-corrected chi connectivity index (χ1v) is 17.7. The first kappa shape index (κ1) is 28.2. The molecule has 51 heavy (non-hydrogen) atoms. The lowest BCUT2D eigenvalue weighted by atomic mass is 10.00. The molecule has 0 atom stereocenters. The van der Waals surface area contributed by atoms with Crippen molar-refractivity contribution in [2.24, 2.45) is 0 Å². The van der Waals surface area contributed by atoms with Gasteiger partial charge < -0.3 is 8.83 Å². The third kappa shape index (κ3) is 4.43. The minimum absolute atomic E-state index is 0.552. The summed E-state index contributed by atoms with van der Waals surface area (Å²) in [5.41, 5.74) is 8.23. The summed E-state index contributed by atoms with van der Waals surface area (Å²) in [4.78, 5) is 15.1. The molecule has 0 radical (unpaired) electrons. The van der Waals surface area contributed by atoms with E-state index >= 15 is 0 Å². The Morgan fingerprint density at radius 3 is 1.86 bits per heavy atom. The summed E-state index contributed by atoms with van der Waals surface area (Å²) in [6, 6.07) is 52.2. The van der Waals surface area contributed by atoms with E-state index in [0.29, 0.717) is 17.5 Å². The van der Waals surface area contributed by atoms with Crippen LogP contribution in [0.3, 0.4) is 0 Å². The van der Waals surface area contributed by atoms with Crippen molar-refractivity contribution in [1.29, 1.82) is 0 Å². The lowest BCUT2D eigenvalue weighted by Gasteiger charge is -2.09. The summed E-state index contributed by atoms with van der Waals surface area (Å²) < 4.78 is 15.3. The average Bonchev–Trinajstić information content (AvgIpc) is 3.89. The Kier molecular flexibility index (Phi) is 6.05. The van der Waals surface area contributed by atoms with Gasteiger partial charge in [0.2, 0.25) is 0 Å². The van der Waals surface area contributed by atoms with E-state index in [-0.39, 0.29) is 0 Å². The van der Waals surface area contributed by atoms with Crippen molar-refractivity contribution in [3.8, 4) is 45.3 Å². The van der Waals surface area contributed by atoms with Crippen LogP contribution in [0.15, 0.2) is 160 Å². The minimum atomic E-state index is 0.552. The Balaban J connectivity index is 1.09. The lowest BCUT2D eigenvalue weighted by molar-refractivity contribution is 0.669. The predicted molar refractivity (Wildman–Crippen MR) is 209 cm³/mol. The molecule has 7 aromatic carbocycles. The molecule has 5 nitrogen and oxygen atoms in total. The topological polar surface area (TPSA) is 65.0 Å². The van der Waals surface area contributed by atoms with Gasteiger partial charge in [0.1, 0.15) is 22.3 Å². The van der Waals surface area contributed by atoms with Gasteiger partial charge in [-0.25, -0.2) is 15.0 Å². The molecule has 0 N–H and O–H groups in total. The van der Waals surface area contributed by atoms with Crippen molar-refractivity contribution in [3.05, 3.63) is 152 Å². The molecule has 6 heteroatoms. The monoisotopic (exact) mass is 671 g/mol. The van der Waals surface area contributed by atoms with Gasteiger partial charge in [0.25, 0.3) is 0 Å². The van der Waals surface area contributed by atoms with E-state index in [2.05, 4.69) is 84.9 Å². The van der Waals surface area contributed by atoms with E-state index in [4.69, 9.17) is 23.8 Å². The molecule has 0 aliphatic heterocycles. The van der Waals surface area contributed by atoms with Crippen molar-refractivity contribution < 1.29 is 8.83 Å². The molecule has 0 fully saturated rings. The van der Waals surface area contributed by atoms with Gasteiger partial charge in [0.15, 0.2) is 17.5 Å². The van der Waals surface area contributed by atoms with E-state index < -0.39 is 0 Å². The molecule has 0 spiro atoms. The molecule has 0 aliphatic rings. The number of aromatic nitrogens is 3. The van der Waals surface area contributed by atoms with Crippen molar-refractivity contribution in [1.82, 2.24) is 15.0 Å². The summed E-state index contributed by atoms with van der Waals surface area (Å²) in [6.45, 7) is 0. The van der Waals surface area contributed by atoms with Gasteiger partial charge in [0.05, 0.1) is 5.56 Å². The third-order valence-corrected chi connectivity index (χ3v) is 11.0. The summed E-state index contributed by atoms with van der Waals surface area (Å²) in [5, 5.41) is 6.73. The zero-order valence-electron chi connectivity index (χ0n) is 27.0. The highest BCUT2D eigenvalue weighted by Crippen LogP contribution is 2.42. The molecule has 11 rings (SSSR count). The van der Waals surface area contributed by atoms with Gasteiger partial charge in [-0.2, -0.15) is 0 Å². The first-order valence-electron chi connectivity index (χ1n) is 16.8. The number of furan rings is 2. The van der Waals surface area contributed by atoms with Crippen LogP contribution in [0.2, 0.25) is 0 Å². The Hall–Kier alpha value is -6.63. The summed E-state index contributed by atoms with van der Waals surface area (Å²) in [7, 11) is 0. The molecule has 4 heterocycles. The molecular formula is C45H25N3O2S. The molecule has 0 amide bonds. The average molecular weight is 672 g/mol. The Labute approximate surface area is 295 Å². The lowest BCUT2D eigenvalue weighted by Crippen LogP contribution is -2.00. The van der Waals surface area contributed by atoms with E-state index in [1.807, 2.05) is 78.1 Å². The Morgan fingerprint density at radius 1 is 0.373 bits per heavy atom. The smallest absolute Gasteiger partial charge is 0.167 e. The van der Waals surface area contributed by atoms with E-state index in [1.165, 1.54) is 25.7 Å². The number of thiophene rings is 1. The quantitative estimate of drug-likeness (QED) is 0.186. The van der Waals surface area contributed by atoms with E-state index in [1.54, 1.807) is 0 Å². The number of hydrogen-bond donors (Lipinski definition) is 0. The van der Waals surface area contributed by atoms with Crippen LogP contribution in [0.4, 0.5) is 0 Å². The van der Waals surface area contributed by atoms with Crippen LogP contribution in [-0.2, 0) is 0 Å². The molecule has 11 aromatic rings. The second kappa shape index (κ2) is 10.9. The third-order valence-electron chi connectivity index (χ3n) is 9.76. The molecule has 0 bridgehead atoms. The maximum Gasteiger partial charge on any atom is 0.167 e. The Morgan fingerprint density at radius 2 is 0.980 bits per heavy atom. The SMILES string of the molecule is c1ccc(-c2nc(-c3ccc4oc5ccccc5c4c3)nc(-c3cccc4c3oc3ccc(-c5cccc6c5sc5ccccc56)cc34)n2)cc1. The molecule has 238 valence electrons. The normalized spacial score (nSPS) is 11.9. The van der Waals surface area contributed by atoms with Gasteiger partial charge in [-0.15, -0.1) is 11.3 Å². The second-order valence-corrected chi connectivity index (χ2v) is 13.8. The number of rotatable bonds is 4. The van der Waals surface area contributed by atoms with Crippen LogP contribution < -0.4 is 0 Å². The number of hydrogen-bond acceptors (Lipinski definition) is 6. The maximum absolute atomic E-state index is 6.64. The highest BCUT2D eigenvalue weighted by atomic mass is 32.1. The van der Waals surface area contributed by atoms with Gasteiger partial charge >= 0.3 is 0 Å². The van der Waals surface area contributed by atoms with Crippen LogP contribution in [0.5, 0.6) is 0 Å². The summed E-state index contributed by atoms with van der Waals surface area (Å²) in [5.74, 6) is 1.73. The van der Waals surface area contributed by atoms with Crippen LogP contribution in [-0.4, -0.2) is 15.0 Å². The van der Waals surface area contributed by atoms with E-state index in [0.717, 1.165) is 66.1 Å². The number of fused-ring (bicyclic) bond motifs is 9. The maximum atomic E-state index is 6.64. The zero-order chi connectivity index (χ0) is 33.5. The fourth-order valence-corrected chi connectivity index (χ4v) is 8.56. The number of para-hydroxylation sites is 2. The van der Waals surface area contributed by atoms with Crippen LogP contribution >= 0.6 is 11.3 Å². The molecule has 4 aromatic heterocycles. The van der Waals surface area contributed by atoms with Gasteiger partial charge in [-0.1, -0.05) is 103 Å². The summed E-state index contributed by atoms with van der Waals surface area (Å²) >= 11 is 1.84. The van der Waals surface area contributed by atoms with Gasteiger partial charge in [0, 0.05) is 52.8 Å². The van der Waals surface area contributed by atoms with Gasteiger partial charge in [-0.3, -0.25) is 0 Å². The molecule has 0 saturated carbocycles. The van der Waals surface area contributed by atoms with Crippen LogP contribution in [0, 0.1) is 0 Å². The van der Waals surface area contributed by atoms with Crippen LogP contribution in [0.25, 0.3) is 109 Å². The molecule has 0 aliphatic carbocycles.